The van der Waals surface area contributed by atoms with Gasteiger partial charge in [-0.1, -0.05) is 0 Å². The third-order valence-electron chi connectivity index (χ3n) is 2.60. The molecule has 0 radical (unpaired) electrons. The number of nitrogens with zero attached hydrogens (tertiary/aromatic N) is 2. The summed E-state index contributed by atoms with van der Waals surface area (Å²) in [7, 11) is 1.87. The molecule has 17 heavy (non-hydrogen) atoms. The number of aryl methyl sites for hydroxylation is 1. The molecule has 0 aliphatic carbocycles. The fourth-order valence-corrected chi connectivity index (χ4v) is 2.00. The molecule has 0 bridgehead atoms. The molecular weight excluding hydrogens is 218 g/mol. The van der Waals surface area contributed by atoms with Crippen molar-refractivity contribution >= 4 is 5.97 Å². The lowest BCUT2D eigenvalue weighted by molar-refractivity contribution is -0.157. The Morgan fingerprint density at radius 1 is 1.59 bits per heavy atom. The lowest BCUT2D eigenvalue weighted by Crippen LogP contribution is -2.38. The van der Waals surface area contributed by atoms with Crippen LogP contribution in [0.25, 0.3) is 0 Å². The topological polar surface area (TPSA) is 56.2 Å². The lowest BCUT2D eigenvalue weighted by Gasteiger charge is -2.26. The minimum Gasteiger partial charge on any atom is -0.459 e. The van der Waals surface area contributed by atoms with Gasteiger partial charge < -0.3 is 10.1 Å². The zero-order valence-corrected chi connectivity index (χ0v) is 10.8. The van der Waals surface area contributed by atoms with E-state index in [0.29, 0.717) is 0 Å². The predicted molar refractivity (Wildman–Crippen MR) is 63.5 cm³/mol. The number of nitrogens with one attached hydrogen (secondary N) is 1. The van der Waals surface area contributed by atoms with E-state index in [0.717, 1.165) is 24.2 Å². The second kappa shape index (κ2) is 4.14. The summed E-state index contributed by atoms with van der Waals surface area (Å²) in [5.41, 5.74) is 1.47. The molecule has 1 aromatic rings. The predicted octanol–water partition coefficient (Wildman–Crippen LogP) is 0.949. The molecule has 1 aromatic heterocycles. The van der Waals surface area contributed by atoms with Crippen LogP contribution in [0, 0.1) is 0 Å². The molecule has 0 saturated heterocycles. The van der Waals surface area contributed by atoms with Gasteiger partial charge in [0.1, 0.15) is 11.6 Å². The first-order chi connectivity index (χ1) is 7.87. The van der Waals surface area contributed by atoms with Crippen LogP contribution in [0.15, 0.2) is 6.20 Å². The number of hydrogen-bond acceptors (Lipinski definition) is 4. The quantitative estimate of drug-likeness (QED) is 0.739. The maximum Gasteiger partial charge on any atom is 0.328 e. The Bertz CT molecular complexity index is 431. The van der Waals surface area contributed by atoms with E-state index in [9.17, 15) is 4.79 Å². The third kappa shape index (κ3) is 2.66. The smallest absolute Gasteiger partial charge is 0.328 e. The lowest BCUT2D eigenvalue weighted by atomic mass is 10.0. The molecule has 0 spiro atoms. The fraction of sp³-hybridized carbons (Fsp3) is 0.667. The van der Waals surface area contributed by atoms with Crippen molar-refractivity contribution in [2.75, 3.05) is 6.54 Å². The summed E-state index contributed by atoms with van der Waals surface area (Å²) in [5, 5.41) is 7.53. The van der Waals surface area contributed by atoms with E-state index >= 15 is 0 Å². The van der Waals surface area contributed by atoms with E-state index in [1.54, 1.807) is 4.68 Å². The molecule has 1 atom stereocenters. The average Bonchev–Trinajstić information content (AvgIpc) is 2.54. The van der Waals surface area contributed by atoms with E-state index in [4.69, 9.17) is 4.74 Å². The van der Waals surface area contributed by atoms with Gasteiger partial charge in [-0.25, -0.2) is 4.79 Å². The van der Waals surface area contributed by atoms with Crippen LogP contribution in [0.1, 0.15) is 38.1 Å². The van der Waals surface area contributed by atoms with Gasteiger partial charge in [0, 0.05) is 31.8 Å². The molecule has 1 aliphatic heterocycles. The van der Waals surface area contributed by atoms with E-state index < -0.39 is 5.60 Å². The normalized spacial score (nSPS) is 19.9. The van der Waals surface area contributed by atoms with Crippen molar-refractivity contribution in [3.05, 3.63) is 17.5 Å². The highest BCUT2D eigenvalue weighted by Crippen LogP contribution is 2.24. The number of esters is 1. The molecule has 0 fully saturated rings. The molecule has 0 saturated carbocycles. The Labute approximate surface area is 101 Å². The largest absolute Gasteiger partial charge is 0.459 e. The summed E-state index contributed by atoms with van der Waals surface area (Å²) in [4.78, 5) is 12.1. The van der Waals surface area contributed by atoms with Crippen molar-refractivity contribution in [1.82, 2.24) is 15.1 Å². The van der Waals surface area contributed by atoms with Crippen LogP contribution in [-0.2, 0) is 23.0 Å². The number of carbonyl (C=O) groups excluding carboxylic acids is 1. The van der Waals surface area contributed by atoms with Gasteiger partial charge in [-0.3, -0.25) is 4.68 Å². The first-order valence-electron chi connectivity index (χ1n) is 5.85. The average molecular weight is 237 g/mol. The minimum absolute atomic E-state index is 0.230. The van der Waals surface area contributed by atoms with Crippen LogP contribution in [0.4, 0.5) is 0 Å². The molecule has 0 aromatic carbocycles. The Morgan fingerprint density at radius 3 is 2.94 bits per heavy atom. The van der Waals surface area contributed by atoms with Crippen molar-refractivity contribution in [2.45, 2.75) is 38.8 Å². The van der Waals surface area contributed by atoms with E-state index in [1.807, 2.05) is 34.0 Å². The molecule has 2 rings (SSSR count). The van der Waals surface area contributed by atoms with Crippen LogP contribution in [0.5, 0.6) is 0 Å². The standard InChI is InChI=1S/C12H19N3O2/c1-12(2,3)17-11(16)10-8-7-15(4)14-9(8)5-6-13-10/h7,10,13H,5-6H2,1-4H3. The summed E-state index contributed by atoms with van der Waals surface area (Å²) < 4.78 is 7.15. The van der Waals surface area contributed by atoms with E-state index in [-0.39, 0.29) is 12.0 Å². The second-order valence-electron chi connectivity index (χ2n) is 5.38. The molecule has 1 aliphatic rings. The van der Waals surface area contributed by atoms with Crippen LogP contribution in [0.3, 0.4) is 0 Å². The van der Waals surface area contributed by atoms with Crippen molar-refractivity contribution in [2.24, 2.45) is 7.05 Å². The second-order valence-corrected chi connectivity index (χ2v) is 5.38. The fourth-order valence-electron chi connectivity index (χ4n) is 2.00. The van der Waals surface area contributed by atoms with Crippen molar-refractivity contribution in [1.29, 1.82) is 0 Å². The Morgan fingerprint density at radius 2 is 2.29 bits per heavy atom. The van der Waals surface area contributed by atoms with Gasteiger partial charge in [0.2, 0.25) is 0 Å². The Hall–Kier alpha value is -1.36. The van der Waals surface area contributed by atoms with Gasteiger partial charge in [0.05, 0.1) is 5.69 Å². The number of hydrogen-bond donors (Lipinski definition) is 1. The van der Waals surface area contributed by atoms with Crippen LogP contribution in [-0.4, -0.2) is 27.9 Å². The summed E-state index contributed by atoms with van der Waals surface area (Å²) >= 11 is 0. The van der Waals surface area contributed by atoms with Crippen LogP contribution in [0.2, 0.25) is 0 Å². The Kier molecular flexibility index (Phi) is 2.95. The SMILES string of the molecule is Cn1cc2c(n1)CCNC2C(=O)OC(C)(C)C. The molecule has 94 valence electrons. The van der Waals surface area contributed by atoms with Gasteiger partial charge in [0.25, 0.3) is 0 Å². The first kappa shape index (κ1) is 12.1. The van der Waals surface area contributed by atoms with Crippen LogP contribution >= 0.6 is 0 Å². The molecule has 5 nitrogen and oxygen atoms in total. The highest BCUT2D eigenvalue weighted by Gasteiger charge is 2.31. The van der Waals surface area contributed by atoms with Crippen molar-refractivity contribution in [3.63, 3.8) is 0 Å². The third-order valence-corrected chi connectivity index (χ3v) is 2.60. The number of carbonyl (C=O) groups is 1. The first-order valence-corrected chi connectivity index (χ1v) is 5.85. The van der Waals surface area contributed by atoms with Gasteiger partial charge >= 0.3 is 5.97 Å². The van der Waals surface area contributed by atoms with Crippen LogP contribution < -0.4 is 5.32 Å². The highest BCUT2D eigenvalue weighted by molar-refractivity contribution is 5.78. The van der Waals surface area contributed by atoms with Gasteiger partial charge in [0.15, 0.2) is 0 Å². The zero-order chi connectivity index (χ0) is 12.6. The van der Waals surface area contributed by atoms with E-state index in [2.05, 4.69) is 10.4 Å². The number of rotatable bonds is 1. The van der Waals surface area contributed by atoms with Crippen molar-refractivity contribution in [3.8, 4) is 0 Å². The molecular formula is C12H19N3O2. The zero-order valence-electron chi connectivity index (χ0n) is 10.8. The maximum absolute atomic E-state index is 12.1. The maximum atomic E-state index is 12.1. The molecule has 5 heteroatoms. The Balaban J connectivity index is 2.21. The van der Waals surface area contributed by atoms with Gasteiger partial charge in [-0.15, -0.1) is 0 Å². The minimum atomic E-state index is -0.460. The highest BCUT2D eigenvalue weighted by atomic mass is 16.6. The summed E-state index contributed by atoms with van der Waals surface area (Å²) in [5.74, 6) is -0.230. The van der Waals surface area contributed by atoms with Crippen molar-refractivity contribution < 1.29 is 9.53 Å². The van der Waals surface area contributed by atoms with Gasteiger partial charge in [-0.05, 0) is 20.8 Å². The number of ether oxygens (including phenoxy) is 1. The molecule has 1 unspecified atom stereocenters. The summed E-state index contributed by atoms with van der Waals surface area (Å²) in [6, 6.07) is -0.383. The molecule has 2 heterocycles. The van der Waals surface area contributed by atoms with E-state index in [1.165, 1.54) is 0 Å². The number of aromatic nitrogens is 2. The summed E-state index contributed by atoms with van der Waals surface area (Å²) in [6.07, 6.45) is 2.74. The summed E-state index contributed by atoms with van der Waals surface area (Å²) in [6.45, 7) is 6.38. The number of fused-ring (bicyclic) bond motifs is 1. The monoisotopic (exact) mass is 237 g/mol. The molecule has 0 amide bonds. The molecule has 1 N–H and O–H groups in total. The van der Waals surface area contributed by atoms with Gasteiger partial charge in [-0.2, -0.15) is 5.10 Å².